The fourth-order valence-electron chi connectivity index (χ4n) is 3.37. The zero-order valence-corrected chi connectivity index (χ0v) is 18.0. The molecule has 0 aliphatic carbocycles. The largest absolute Gasteiger partial charge is 0.399 e. The summed E-state index contributed by atoms with van der Waals surface area (Å²) >= 11 is 0. The minimum atomic E-state index is -0.500. The number of benzene rings is 1. The lowest BCUT2D eigenvalue weighted by Crippen LogP contribution is -2.33. The van der Waals surface area contributed by atoms with Gasteiger partial charge in [0.15, 0.2) is 0 Å². The summed E-state index contributed by atoms with van der Waals surface area (Å²) in [6, 6.07) is 9.28. The number of hydrogen-bond donors (Lipinski definition) is 1. The summed E-state index contributed by atoms with van der Waals surface area (Å²) in [6.45, 7) is 9.05. The third-order valence-corrected chi connectivity index (χ3v) is 5.32. The first-order valence-electron chi connectivity index (χ1n) is 10.3. The van der Waals surface area contributed by atoms with Crippen LogP contribution in [-0.2, 0) is 11.2 Å². The van der Waals surface area contributed by atoms with Crippen molar-refractivity contribution >= 4 is 11.6 Å². The van der Waals surface area contributed by atoms with Crippen molar-refractivity contribution < 1.29 is 9.18 Å². The van der Waals surface area contributed by atoms with Crippen LogP contribution < -0.4 is 5.73 Å². The molecule has 0 radical (unpaired) electrons. The molecule has 1 aromatic heterocycles. The molecule has 29 heavy (non-hydrogen) atoms. The Labute approximate surface area is 173 Å². The Kier molecular flexibility index (Phi) is 8.58. The molecule has 2 N–H and O–H groups in total. The number of nitrogens with zero attached hydrogens (tertiary/aromatic N) is 3. The van der Waals surface area contributed by atoms with Crippen molar-refractivity contribution in [3.8, 4) is 11.1 Å². The molecule has 0 atom stereocenters. The Bertz CT molecular complexity index is 792. The summed E-state index contributed by atoms with van der Waals surface area (Å²) < 4.78 is 13.1. The van der Waals surface area contributed by atoms with E-state index in [0.717, 1.165) is 36.2 Å². The first-order chi connectivity index (χ1) is 13.8. The molecule has 2 aromatic rings. The van der Waals surface area contributed by atoms with Crippen LogP contribution >= 0.6 is 0 Å². The molecule has 0 bridgehead atoms. The molecule has 2 rings (SSSR count). The van der Waals surface area contributed by atoms with Crippen LogP contribution in [0.1, 0.15) is 39.2 Å². The van der Waals surface area contributed by atoms with Gasteiger partial charge in [-0.3, -0.25) is 4.79 Å². The molecule has 0 spiro atoms. The number of anilines is 1. The first kappa shape index (κ1) is 22.8. The highest BCUT2D eigenvalue weighted by molar-refractivity contribution is 5.76. The van der Waals surface area contributed by atoms with Gasteiger partial charge in [0.1, 0.15) is 0 Å². The van der Waals surface area contributed by atoms with Gasteiger partial charge in [-0.2, -0.15) is 4.39 Å². The van der Waals surface area contributed by atoms with Crippen LogP contribution in [0.2, 0.25) is 0 Å². The molecule has 0 saturated heterocycles. The quantitative estimate of drug-likeness (QED) is 0.484. The van der Waals surface area contributed by atoms with Gasteiger partial charge in [0, 0.05) is 43.5 Å². The van der Waals surface area contributed by atoms with Crippen molar-refractivity contribution in [3.05, 3.63) is 48.0 Å². The summed E-state index contributed by atoms with van der Waals surface area (Å²) in [5, 5.41) is 0. The van der Waals surface area contributed by atoms with Gasteiger partial charge in [0.2, 0.25) is 11.9 Å². The van der Waals surface area contributed by atoms with Crippen molar-refractivity contribution in [1.82, 2.24) is 14.8 Å². The van der Waals surface area contributed by atoms with E-state index >= 15 is 0 Å². The number of carbonyl (C=O) groups is 1. The predicted octanol–water partition coefficient (Wildman–Crippen LogP) is 3.98. The SMILES string of the molecule is CCN(CCCC(=O)N(C)CCc1cc(-c2ccc(F)nc2)ccc1N)C(C)C. The fraction of sp³-hybridized carbons (Fsp3) is 0.478. The molecular formula is C23H33FN4O. The average Bonchev–Trinajstić information content (AvgIpc) is 2.70. The third kappa shape index (κ3) is 6.82. The minimum absolute atomic E-state index is 0.155. The molecule has 0 saturated carbocycles. The monoisotopic (exact) mass is 400 g/mol. The van der Waals surface area contributed by atoms with Crippen molar-refractivity contribution in [2.24, 2.45) is 0 Å². The molecule has 1 heterocycles. The third-order valence-electron chi connectivity index (χ3n) is 5.32. The Morgan fingerprint density at radius 2 is 1.90 bits per heavy atom. The topological polar surface area (TPSA) is 62.5 Å². The number of pyridine rings is 1. The van der Waals surface area contributed by atoms with E-state index in [4.69, 9.17) is 5.73 Å². The maximum atomic E-state index is 13.1. The van der Waals surface area contributed by atoms with E-state index in [1.165, 1.54) is 12.3 Å². The molecule has 1 amide bonds. The lowest BCUT2D eigenvalue weighted by Gasteiger charge is -2.25. The Balaban J connectivity index is 1.90. The van der Waals surface area contributed by atoms with Crippen LogP contribution in [0.15, 0.2) is 36.5 Å². The van der Waals surface area contributed by atoms with Crippen LogP contribution in [0.4, 0.5) is 10.1 Å². The number of halogens is 1. The number of amides is 1. The maximum Gasteiger partial charge on any atom is 0.222 e. The van der Waals surface area contributed by atoms with Crippen LogP contribution in [0.25, 0.3) is 11.1 Å². The van der Waals surface area contributed by atoms with Gasteiger partial charge in [-0.15, -0.1) is 0 Å². The van der Waals surface area contributed by atoms with Gasteiger partial charge in [0.05, 0.1) is 0 Å². The maximum absolute atomic E-state index is 13.1. The highest BCUT2D eigenvalue weighted by Gasteiger charge is 2.12. The summed E-state index contributed by atoms with van der Waals surface area (Å²) in [5.74, 6) is -0.345. The zero-order chi connectivity index (χ0) is 21.4. The summed E-state index contributed by atoms with van der Waals surface area (Å²) in [7, 11) is 1.84. The van der Waals surface area contributed by atoms with E-state index in [0.29, 0.717) is 31.1 Å². The van der Waals surface area contributed by atoms with Gasteiger partial charge < -0.3 is 15.5 Å². The number of nitrogen functional groups attached to an aromatic ring is 1. The second kappa shape index (κ2) is 10.9. The van der Waals surface area contributed by atoms with Crippen molar-refractivity contribution in [2.75, 3.05) is 32.4 Å². The van der Waals surface area contributed by atoms with Crippen molar-refractivity contribution in [3.63, 3.8) is 0 Å². The molecule has 0 aliphatic rings. The number of carbonyl (C=O) groups excluding carboxylic acids is 1. The van der Waals surface area contributed by atoms with E-state index in [9.17, 15) is 9.18 Å². The lowest BCUT2D eigenvalue weighted by atomic mass is 10.0. The van der Waals surface area contributed by atoms with E-state index in [-0.39, 0.29) is 5.91 Å². The second-order valence-electron chi connectivity index (χ2n) is 7.67. The summed E-state index contributed by atoms with van der Waals surface area (Å²) in [5.41, 5.74) is 9.57. The molecule has 6 heteroatoms. The number of nitrogens with two attached hydrogens (primary N) is 1. The standard InChI is InChI=1S/C23H33FN4O/c1-5-28(17(2)3)13-6-7-23(29)27(4)14-12-19-15-18(8-10-21(19)25)20-9-11-22(24)26-16-20/h8-11,15-17H,5-7,12-14,25H2,1-4H3. The van der Waals surface area contributed by atoms with Crippen molar-refractivity contribution in [2.45, 2.75) is 46.1 Å². The zero-order valence-electron chi connectivity index (χ0n) is 18.0. The number of hydrogen-bond acceptors (Lipinski definition) is 4. The van der Waals surface area contributed by atoms with Crippen molar-refractivity contribution in [1.29, 1.82) is 0 Å². The molecule has 158 valence electrons. The summed E-state index contributed by atoms with van der Waals surface area (Å²) in [6.07, 6.45) is 3.60. The normalized spacial score (nSPS) is 11.3. The molecule has 0 aliphatic heterocycles. The van der Waals surface area contributed by atoms with Crippen LogP contribution in [0, 0.1) is 5.95 Å². The summed E-state index contributed by atoms with van der Waals surface area (Å²) in [4.78, 5) is 20.3. The lowest BCUT2D eigenvalue weighted by molar-refractivity contribution is -0.130. The Morgan fingerprint density at radius 3 is 2.52 bits per heavy atom. The van der Waals surface area contributed by atoms with E-state index in [2.05, 4.69) is 30.7 Å². The van der Waals surface area contributed by atoms with E-state index < -0.39 is 5.95 Å². The minimum Gasteiger partial charge on any atom is -0.399 e. The van der Waals surface area contributed by atoms with Gasteiger partial charge in [0.25, 0.3) is 0 Å². The van der Waals surface area contributed by atoms with Gasteiger partial charge >= 0.3 is 0 Å². The second-order valence-corrected chi connectivity index (χ2v) is 7.67. The molecular weight excluding hydrogens is 367 g/mol. The van der Waals surface area contributed by atoms with Crippen LogP contribution in [0.5, 0.6) is 0 Å². The fourth-order valence-corrected chi connectivity index (χ4v) is 3.37. The van der Waals surface area contributed by atoms with Gasteiger partial charge in [-0.05, 0) is 75.2 Å². The highest BCUT2D eigenvalue weighted by Crippen LogP contribution is 2.24. The Hall–Kier alpha value is -2.47. The predicted molar refractivity (Wildman–Crippen MR) is 117 cm³/mol. The van der Waals surface area contributed by atoms with Crippen LogP contribution in [-0.4, -0.2) is 53.4 Å². The molecule has 1 aromatic carbocycles. The molecule has 0 fully saturated rings. The van der Waals surface area contributed by atoms with E-state index in [1.807, 2.05) is 25.2 Å². The number of aromatic nitrogens is 1. The number of likely N-dealkylation sites (N-methyl/N-ethyl adjacent to an activating group) is 1. The average molecular weight is 401 g/mol. The van der Waals surface area contributed by atoms with Crippen LogP contribution in [0.3, 0.4) is 0 Å². The first-order valence-corrected chi connectivity index (χ1v) is 10.3. The molecule has 0 unspecified atom stereocenters. The highest BCUT2D eigenvalue weighted by atomic mass is 19.1. The number of rotatable bonds is 10. The van der Waals surface area contributed by atoms with Gasteiger partial charge in [-0.1, -0.05) is 13.0 Å². The van der Waals surface area contributed by atoms with E-state index in [1.54, 1.807) is 11.0 Å². The smallest absolute Gasteiger partial charge is 0.222 e. The Morgan fingerprint density at radius 1 is 1.17 bits per heavy atom. The van der Waals surface area contributed by atoms with Gasteiger partial charge in [-0.25, -0.2) is 4.98 Å². The molecule has 5 nitrogen and oxygen atoms in total.